The van der Waals surface area contributed by atoms with E-state index >= 15 is 0 Å². The Morgan fingerprint density at radius 2 is 2.29 bits per heavy atom. The van der Waals surface area contributed by atoms with Crippen LogP contribution in [0.4, 0.5) is 11.4 Å². The Hall–Kier alpha value is -1.75. The molecule has 0 aliphatic heterocycles. The van der Waals surface area contributed by atoms with Crippen LogP contribution in [0.2, 0.25) is 0 Å². The van der Waals surface area contributed by atoms with Crippen LogP contribution in [0.15, 0.2) is 23.4 Å². The van der Waals surface area contributed by atoms with Crippen LogP contribution in [-0.2, 0) is 0 Å². The molecule has 0 amide bonds. The summed E-state index contributed by atoms with van der Waals surface area (Å²) in [5.74, 6) is 0.281. The van der Waals surface area contributed by atoms with Crippen molar-refractivity contribution in [3.63, 3.8) is 0 Å². The lowest BCUT2D eigenvalue weighted by molar-refractivity contribution is -0.355. The number of amidine groups is 1. The van der Waals surface area contributed by atoms with Crippen LogP contribution < -0.4 is 10.5 Å². The molecule has 5 heteroatoms. The van der Waals surface area contributed by atoms with Gasteiger partial charge in [0.25, 0.3) is 0 Å². The molecule has 0 radical (unpaired) electrons. The molecule has 0 atom stereocenters. The van der Waals surface area contributed by atoms with Gasteiger partial charge in [0.2, 0.25) is 5.18 Å². The largest absolute Gasteiger partial charge is 0.345 e. The monoisotopic (exact) mass is 194 g/mol. The van der Waals surface area contributed by atoms with Crippen LogP contribution in [-0.4, -0.2) is 11.0 Å². The normalized spacial score (nSPS) is 11.2. The third-order valence-corrected chi connectivity index (χ3v) is 1.91. The van der Waals surface area contributed by atoms with Crippen molar-refractivity contribution in [2.45, 2.75) is 13.8 Å². The Kier molecular flexibility index (Phi) is 3.30. The van der Waals surface area contributed by atoms with Gasteiger partial charge in [0.15, 0.2) is 0 Å². The first-order valence-electron chi connectivity index (χ1n) is 4.12. The number of nitrogens with zero attached hydrogens (tertiary/aromatic N) is 1. The molecule has 0 unspecified atom stereocenters. The quantitative estimate of drug-likeness (QED) is 0.280. The van der Waals surface area contributed by atoms with E-state index in [0.717, 1.165) is 11.3 Å². The number of rotatable bonds is 2. The molecule has 0 heterocycles. The number of anilines is 1. The molecule has 0 aliphatic carbocycles. The van der Waals surface area contributed by atoms with Crippen molar-refractivity contribution in [2.75, 3.05) is 5.48 Å². The zero-order valence-corrected chi connectivity index (χ0v) is 8.03. The molecule has 0 saturated carbocycles. The Bertz CT molecular complexity index is 374. The van der Waals surface area contributed by atoms with Crippen molar-refractivity contribution < 1.29 is 10.2 Å². The summed E-state index contributed by atoms with van der Waals surface area (Å²) in [7, 11) is 0. The standard InChI is InChI=1S/C9H11N3O2/c1-6-8(10-7(2)11-13)4-3-5-9(6)12-14/h3-5,12,14H,1-2H3/p+1. The van der Waals surface area contributed by atoms with E-state index in [4.69, 9.17) is 5.21 Å². The fourth-order valence-corrected chi connectivity index (χ4v) is 1.11. The van der Waals surface area contributed by atoms with E-state index < -0.39 is 0 Å². The number of nitrogens with one attached hydrogen (secondary N) is 2. The predicted molar refractivity (Wildman–Crippen MR) is 53.7 cm³/mol. The molecule has 3 N–H and O–H groups in total. The van der Waals surface area contributed by atoms with Crippen molar-refractivity contribution >= 4 is 17.2 Å². The van der Waals surface area contributed by atoms with Gasteiger partial charge in [-0.1, -0.05) is 6.07 Å². The minimum atomic E-state index is 0.281. The Balaban J connectivity index is 3.16. The Morgan fingerprint density at radius 1 is 1.57 bits per heavy atom. The second kappa shape index (κ2) is 4.48. The number of hydrogen-bond donors (Lipinski definition) is 3. The van der Waals surface area contributed by atoms with Crippen LogP contribution >= 0.6 is 0 Å². The van der Waals surface area contributed by atoms with Crippen molar-refractivity contribution in [3.05, 3.63) is 28.7 Å². The summed E-state index contributed by atoms with van der Waals surface area (Å²) in [4.78, 5) is 13.0. The minimum Gasteiger partial charge on any atom is -0.291 e. The summed E-state index contributed by atoms with van der Waals surface area (Å²) in [5.41, 5.74) is 4.22. The Morgan fingerprint density at radius 3 is 2.86 bits per heavy atom. The highest BCUT2D eigenvalue weighted by molar-refractivity contribution is 5.75. The molecule has 1 aromatic carbocycles. The first kappa shape index (κ1) is 10.3. The molecule has 1 aromatic rings. The molecule has 5 nitrogen and oxygen atoms in total. The average Bonchev–Trinajstić information content (AvgIpc) is 2.21. The fourth-order valence-electron chi connectivity index (χ4n) is 1.11. The van der Waals surface area contributed by atoms with Crippen molar-refractivity contribution in [2.24, 2.45) is 5.18 Å². The lowest BCUT2D eigenvalue weighted by Crippen LogP contribution is -2.65. The summed E-state index contributed by atoms with van der Waals surface area (Å²) < 4.78 is 0. The summed E-state index contributed by atoms with van der Waals surface area (Å²) in [5, 5.41) is 11.5. The van der Waals surface area contributed by atoms with E-state index in [2.05, 4.69) is 15.6 Å². The summed E-state index contributed by atoms with van der Waals surface area (Å²) in [6.45, 7) is 3.39. The van der Waals surface area contributed by atoms with Gasteiger partial charge in [-0.3, -0.25) is 10.7 Å². The highest BCUT2D eigenvalue weighted by Gasteiger charge is 2.06. The van der Waals surface area contributed by atoms with Gasteiger partial charge in [0, 0.05) is 12.5 Å². The molecule has 0 saturated heterocycles. The third-order valence-electron chi connectivity index (χ3n) is 1.91. The molecule has 0 fully saturated rings. The van der Waals surface area contributed by atoms with Crippen LogP contribution in [0.5, 0.6) is 0 Å². The van der Waals surface area contributed by atoms with Crippen LogP contribution in [0.3, 0.4) is 0 Å². The first-order valence-corrected chi connectivity index (χ1v) is 4.12. The van der Waals surface area contributed by atoms with E-state index in [9.17, 15) is 4.91 Å². The zero-order chi connectivity index (χ0) is 10.6. The van der Waals surface area contributed by atoms with Crippen molar-refractivity contribution in [1.29, 1.82) is 0 Å². The molecule has 74 valence electrons. The average molecular weight is 194 g/mol. The predicted octanol–water partition coefficient (Wildman–Crippen LogP) is 0.693. The van der Waals surface area contributed by atoms with Gasteiger partial charge in [0.05, 0.1) is 5.69 Å². The van der Waals surface area contributed by atoms with Gasteiger partial charge >= 0.3 is 5.84 Å². The molecular weight excluding hydrogens is 182 g/mol. The molecule has 0 spiro atoms. The Labute approximate surface area is 81.4 Å². The van der Waals surface area contributed by atoms with Gasteiger partial charge in [-0.2, -0.15) is 0 Å². The second-order valence-corrected chi connectivity index (χ2v) is 2.89. The zero-order valence-electron chi connectivity index (χ0n) is 8.03. The van der Waals surface area contributed by atoms with E-state index in [0.29, 0.717) is 5.69 Å². The van der Waals surface area contributed by atoms with Gasteiger partial charge < -0.3 is 0 Å². The number of nitroso groups, excluding NO2 is 1. The van der Waals surface area contributed by atoms with E-state index in [1.54, 1.807) is 25.1 Å². The van der Waals surface area contributed by atoms with E-state index in [-0.39, 0.29) is 5.84 Å². The lowest BCUT2D eigenvalue weighted by Gasteiger charge is -2.03. The van der Waals surface area contributed by atoms with Crippen LogP contribution in [0.25, 0.3) is 0 Å². The molecule has 1 rings (SSSR count). The van der Waals surface area contributed by atoms with E-state index in [1.807, 2.05) is 6.92 Å². The number of benzene rings is 1. The third kappa shape index (κ3) is 2.14. The maximum absolute atomic E-state index is 10.2. The van der Waals surface area contributed by atoms with Crippen LogP contribution in [0, 0.1) is 11.8 Å². The minimum absolute atomic E-state index is 0.281. The lowest BCUT2D eigenvalue weighted by atomic mass is 10.1. The molecule has 0 aromatic heterocycles. The maximum Gasteiger partial charge on any atom is 0.345 e. The molecular formula is C9H12N3O2+. The van der Waals surface area contributed by atoms with Gasteiger partial charge in [0.1, 0.15) is 5.69 Å². The maximum atomic E-state index is 10.2. The highest BCUT2D eigenvalue weighted by Crippen LogP contribution is 2.18. The summed E-state index contributed by atoms with van der Waals surface area (Å²) in [6.07, 6.45) is 0. The summed E-state index contributed by atoms with van der Waals surface area (Å²) >= 11 is 0. The SMILES string of the molecule is CC(N=O)=[NH+]c1cccc(NO)c1C. The number of hydrogen-bond acceptors (Lipinski definition) is 3. The van der Waals surface area contributed by atoms with Crippen LogP contribution in [0.1, 0.15) is 12.5 Å². The summed E-state index contributed by atoms with van der Waals surface area (Å²) in [6, 6.07) is 5.28. The van der Waals surface area contributed by atoms with Crippen molar-refractivity contribution in [3.8, 4) is 0 Å². The topological polar surface area (TPSA) is 75.7 Å². The second-order valence-electron chi connectivity index (χ2n) is 2.89. The highest BCUT2D eigenvalue weighted by atomic mass is 16.5. The van der Waals surface area contributed by atoms with Crippen molar-refractivity contribution in [1.82, 2.24) is 0 Å². The smallest absolute Gasteiger partial charge is 0.291 e. The van der Waals surface area contributed by atoms with E-state index in [1.165, 1.54) is 0 Å². The molecule has 0 aliphatic rings. The molecule has 14 heavy (non-hydrogen) atoms. The van der Waals surface area contributed by atoms with Gasteiger partial charge in [-0.25, -0.2) is 4.99 Å². The van der Waals surface area contributed by atoms with Gasteiger partial charge in [-0.15, -0.1) is 0 Å². The first-order chi connectivity index (χ1) is 6.69. The molecule has 0 bridgehead atoms. The van der Waals surface area contributed by atoms with Gasteiger partial charge in [-0.05, 0) is 24.0 Å². The fraction of sp³-hybridized carbons (Fsp3) is 0.222.